The van der Waals surface area contributed by atoms with E-state index in [1.54, 1.807) is 0 Å². The maximum Gasteiger partial charge on any atom is 0.114 e. The molecule has 2 aromatic carbocycles. The van der Waals surface area contributed by atoms with Gasteiger partial charge in [-0.25, -0.2) is 4.98 Å². The second kappa shape index (κ2) is 4.37. The van der Waals surface area contributed by atoms with Crippen LogP contribution in [-0.2, 0) is 19.9 Å². The Hall–Kier alpha value is -2.29. The van der Waals surface area contributed by atoms with E-state index >= 15 is 0 Å². The molecule has 1 aliphatic heterocycles. The second-order valence-corrected chi connectivity index (χ2v) is 5.42. The Balaban J connectivity index is 1.79. The molecule has 1 aromatic heterocycles. The first-order valence-corrected chi connectivity index (χ1v) is 7.07. The minimum Gasteiger partial charge on any atom is -0.384 e. The zero-order chi connectivity index (χ0) is 13.5. The number of anilines is 1. The summed E-state index contributed by atoms with van der Waals surface area (Å²) in [4.78, 5) is 4.81. The molecule has 0 aliphatic carbocycles. The van der Waals surface area contributed by atoms with Crippen LogP contribution in [0, 0.1) is 0 Å². The molecule has 3 aromatic rings. The molecule has 0 bridgehead atoms. The molecule has 0 saturated carbocycles. The minimum atomic E-state index is 0.879. The van der Waals surface area contributed by atoms with Crippen LogP contribution in [0.25, 0.3) is 11.0 Å². The molecule has 20 heavy (non-hydrogen) atoms. The largest absolute Gasteiger partial charge is 0.384 e. The van der Waals surface area contributed by atoms with Crippen LogP contribution in [0.3, 0.4) is 0 Å². The van der Waals surface area contributed by atoms with Gasteiger partial charge < -0.3 is 9.88 Å². The molecule has 0 amide bonds. The number of nitrogens with one attached hydrogen (secondary N) is 1. The first kappa shape index (κ1) is 11.5. The van der Waals surface area contributed by atoms with Crippen LogP contribution in [0.5, 0.6) is 0 Å². The van der Waals surface area contributed by atoms with E-state index in [0.29, 0.717) is 0 Å². The molecular weight excluding hydrogens is 246 g/mol. The maximum absolute atomic E-state index is 4.81. The first-order chi connectivity index (χ1) is 9.81. The van der Waals surface area contributed by atoms with Crippen LogP contribution in [0.2, 0.25) is 0 Å². The number of hydrogen-bond acceptors (Lipinski definition) is 2. The summed E-state index contributed by atoms with van der Waals surface area (Å²) < 4.78 is 2.22. The third-order valence-electron chi connectivity index (χ3n) is 4.11. The van der Waals surface area contributed by atoms with E-state index in [9.17, 15) is 0 Å². The minimum absolute atomic E-state index is 0.879. The summed E-state index contributed by atoms with van der Waals surface area (Å²) in [5, 5.41) is 3.42. The Morgan fingerprint density at radius 2 is 2.05 bits per heavy atom. The number of aryl methyl sites for hydroxylation is 1. The Labute approximate surface area is 118 Å². The third-order valence-corrected chi connectivity index (χ3v) is 4.11. The zero-order valence-electron chi connectivity index (χ0n) is 11.6. The average molecular weight is 263 g/mol. The van der Waals surface area contributed by atoms with Crippen molar-refractivity contribution < 1.29 is 0 Å². The third kappa shape index (κ3) is 1.78. The predicted molar refractivity (Wildman–Crippen MR) is 82.2 cm³/mol. The standard InChI is InChI=1S/C17H17N3/c1-20-16-10-13-7-8-18-14(13)11-15(16)19-17(20)9-12-5-3-2-4-6-12/h2-6,10-11,18H,7-9H2,1H3. The van der Waals surface area contributed by atoms with E-state index in [1.807, 2.05) is 0 Å². The van der Waals surface area contributed by atoms with Gasteiger partial charge >= 0.3 is 0 Å². The normalized spacial score (nSPS) is 13.4. The summed E-state index contributed by atoms with van der Waals surface area (Å²) in [6, 6.07) is 15.0. The number of imidazole rings is 1. The highest BCUT2D eigenvalue weighted by atomic mass is 15.1. The molecule has 2 heterocycles. The van der Waals surface area contributed by atoms with Crippen LogP contribution in [-0.4, -0.2) is 16.1 Å². The van der Waals surface area contributed by atoms with Gasteiger partial charge in [-0.3, -0.25) is 0 Å². The van der Waals surface area contributed by atoms with Crippen LogP contribution in [0.15, 0.2) is 42.5 Å². The molecule has 3 heteroatoms. The van der Waals surface area contributed by atoms with Gasteiger partial charge in [-0.05, 0) is 29.7 Å². The molecule has 0 unspecified atom stereocenters. The topological polar surface area (TPSA) is 29.9 Å². The van der Waals surface area contributed by atoms with Gasteiger partial charge in [-0.2, -0.15) is 0 Å². The Kier molecular flexibility index (Phi) is 2.52. The summed E-state index contributed by atoms with van der Waals surface area (Å²) in [6.07, 6.45) is 1.99. The van der Waals surface area contributed by atoms with Crippen molar-refractivity contribution in [1.82, 2.24) is 9.55 Å². The number of rotatable bonds is 2. The Morgan fingerprint density at radius 3 is 2.90 bits per heavy atom. The van der Waals surface area contributed by atoms with E-state index in [-0.39, 0.29) is 0 Å². The highest BCUT2D eigenvalue weighted by molar-refractivity contribution is 5.83. The average Bonchev–Trinajstić information content (AvgIpc) is 3.03. The first-order valence-electron chi connectivity index (χ1n) is 7.07. The van der Waals surface area contributed by atoms with Gasteiger partial charge in [-0.15, -0.1) is 0 Å². The van der Waals surface area contributed by atoms with Crippen molar-refractivity contribution in [3.63, 3.8) is 0 Å². The number of hydrogen-bond donors (Lipinski definition) is 1. The van der Waals surface area contributed by atoms with Crippen molar-refractivity contribution in [2.75, 3.05) is 11.9 Å². The molecule has 0 atom stereocenters. The van der Waals surface area contributed by atoms with Gasteiger partial charge in [0.05, 0.1) is 11.0 Å². The van der Waals surface area contributed by atoms with E-state index in [1.165, 1.54) is 22.3 Å². The molecule has 1 N–H and O–H groups in total. The van der Waals surface area contributed by atoms with Crippen LogP contribution in [0.1, 0.15) is 17.0 Å². The lowest BCUT2D eigenvalue weighted by molar-refractivity contribution is 0.844. The van der Waals surface area contributed by atoms with Gasteiger partial charge in [0.2, 0.25) is 0 Å². The molecule has 0 saturated heterocycles. The van der Waals surface area contributed by atoms with Crippen molar-refractivity contribution in [2.45, 2.75) is 12.8 Å². The van der Waals surface area contributed by atoms with Gasteiger partial charge in [0.15, 0.2) is 0 Å². The number of aromatic nitrogens is 2. The quantitative estimate of drug-likeness (QED) is 0.770. The monoisotopic (exact) mass is 263 g/mol. The second-order valence-electron chi connectivity index (χ2n) is 5.42. The van der Waals surface area contributed by atoms with E-state index < -0.39 is 0 Å². The molecule has 0 radical (unpaired) electrons. The van der Waals surface area contributed by atoms with Crippen LogP contribution < -0.4 is 5.32 Å². The Bertz CT molecular complexity index is 772. The van der Waals surface area contributed by atoms with Crippen molar-refractivity contribution >= 4 is 16.7 Å². The Morgan fingerprint density at radius 1 is 1.20 bits per heavy atom. The molecule has 0 fully saturated rings. The lowest BCUT2D eigenvalue weighted by atomic mass is 10.1. The van der Waals surface area contributed by atoms with Gasteiger partial charge in [0.25, 0.3) is 0 Å². The fraction of sp³-hybridized carbons (Fsp3) is 0.235. The lowest BCUT2D eigenvalue weighted by Gasteiger charge is -2.03. The van der Waals surface area contributed by atoms with Gasteiger partial charge in [0, 0.05) is 25.7 Å². The van der Waals surface area contributed by atoms with Crippen molar-refractivity contribution in [3.05, 3.63) is 59.4 Å². The summed E-state index contributed by atoms with van der Waals surface area (Å²) >= 11 is 0. The fourth-order valence-electron chi connectivity index (χ4n) is 2.97. The number of benzene rings is 2. The van der Waals surface area contributed by atoms with Crippen molar-refractivity contribution in [2.24, 2.45) is 7.05 Å². The summed E-state index contributed by atoms with van der Waals surface area (Å²) in [5.41, 5.74) is 6.29. The van der Waals surface area contributed by atoms with E-state index in [0.717, 1.165) is 30.7 Å². The lowest BCUT2D eigenvalue weighted by Crippen LogP contribution is -1.98. The summed E-state index contributed by atoms with van der Waals surface area (Å²) in [6.45, 7) is 1.04. The van der Waals surface area contributed by atoms with Crippen LogP contribution >= 0.6 is 0 Å². The zero-order valence-corrected chi connectivity index (χ0v) is 11.6. The number of fused-ring (bicyclic) bond motifs is 2. The SMILES string of the molecule is Cn1c(Cc2ccccc2)nc2cc3c(cc21)CCN3. The molecule has 4 rings (SSSR count). The molecule has 100 valence electrons. The summed E-state index contributed by atoms with van der Waals surface area (Å²) in [5.74, 6) is 1.12. The highest BCUT2D eigenvalue weighted by Crippen LogP contribution is 2.28. The summed E-state index contributed by atoms with van der Waals surface area (Å²) in [7, 11) is 2.11. The number of nitrogens with zero attached hydrogens (tertiary/aromatic N) is 2. The van der Waals surface area contributed by atoms with Gasteiger partial charge in [-0.1, -0.05) is 30.3 Å². The predicted octanol–water partition coefficient (Wildman–Crippen LogP) is 3.13. The molecular formula is C17H17N3. The highest BCUT2D eigenvalue weighted by Gasteiger charge is 2.15. The van der Waals surface area contributed by atoms with Gasteiger partial charge in [0.1, 0.15) is 5.82 Å². The molecule has 1 aliphatic rings. The molecule has 0 spiro atoms. The van der Waals surface area contributed by atoms with E-state index in [4.69, 9.17) is 4.98 Å². The van der Waals surface area contributed by atoms with E-state index in [2.05, 4.69) is 59.4 Å². The molecule has 3 nitrogen and oxygen atoms in total. The van der Waals surface area contributed by atoms with Crippen molar-refractivity contribution in [3.8, 4) is 0 Å². The maximum atomic E-state index is 4.81. The van der Waals surface area contributed by atoms with Crippen molar-refractivity contribution in [1.29, 1.82) is 0 Å². The van der Waals surface area contributed by atoms with Crippen LogP contribution in [0.4, 0.5) is 5.69 Å². The smallest absolute Gasteiger partial charge is 0.114 e. The fourth-order valence-corrected chi connectivity index (χ4v) is 2.97.